The number of hydrogen-bond acceptors (Lipinski definition) is 2. The van der Waals surface area contributed by atoms with Crippen LogP contribution < -0.4 is 4.74 Å². The number of carboxylic acid groups (broad SMARTS) is 1. The van der Waals surface area contributed by atoms with Crippen LogP contribution in [0.3, 0.4) is 0 Å². The lowest BCUT2D eigenvalue weighted by atomic mass is 9.85. The zero-order chi connectivity index (χ0) is 16.8. The fourth-order valence-corrected chi connectivity index (χ4v) is 2.67. The molecule has 1 unspecified atom stereocenters. The Morgan fingerprint density at radius 1 is 1.22 bits per heavy atom. The van der Waals surface area contributed by atoms with Gasteiger partial charge in [0.05, 0.1) is 5.92 Å². The maximum atomic E-state index is 13.9. The van der Waals surface area contributed by atoms with E-state index >= 15 is 0 Å². The number of aliphatic carboxylic acids is 1. The predicted molar refractivity (Wildman–Crippen MR) is 87.0 cm³/mol. The molecule has 0 bridgehead atoms. The molecule has 0 aliphatic heterocycles. The van der Waals surface area contributed by atoms with E-state index in [4.69, 9.17) is 4.74 Å². The third-order valence-corrected chi connectivity index (χ3v) is 4.00. The van der Waals surface area contributed by atoms with Crippen LogP contribution in [0.5, 0.6) is 5.75 Å². The Hall–Kier alpha value is -2.36. The summed E-state index contributed by atoms with van der Waals surface area (Å²) < 4.78 is 19.5. The van der Waals surface area contributed by atoms with Gasteiger partial charge in [0.15, 0.2) is 0 Å². The van der Waals surface area contributed by atoms with Crippen molar-refractivity contribution in [3.63, 3.8) is 0 Å². The average Bonchev–Trinajstić information content (AvgIpc) is 2.54. The summed E-state index contributed by atoms with van der Waals surface area (Å²) >= 11 is 0. The summed E-state index contributed by atoms with van der Waals surface area (Å²) in [6, 6.07) is 14.1. The summed E-state index contributed by atoms with van der Waals surface area (Å²) in [5, 5.41) is 9.21. The Balaban J connectivity index is 2.19. The maximum absolute atomic E-state index is 13.9. The molecule has 0 heterocycles. The molecule has 0 saturated heterocycles. The van der Waals surface area contributed by atoms with Crippen LogP contribution >= 0.6 is 0 Å². The molecule has 0 aliphatic carbocycles. The van der Waals surface area contributed by atoms with Gasteiger partial charge in [-0.3, -0.25) is 4.79 Å². The van der Waals surface area contributed by atoms with E-state index in [-0.39, 0.29) is 5.92 Å². The van der Waals surface area contributed by atoms with Crippen LogP contribution in [-0.2, 0) is 11.4 Å². The molecule has 2 aromatic carbocycles. The van der Waals surface area contributed by atoms with Gasteiger partial charge in [0.2, 0.25) is 0 Å². The molecule has 4 heteroatoms. The van der Waals surface area contributed by atoms with Crippen LogP contribution in [0.1, 0.15) is 37.3 Å². The minimum atomic E-state index is -0.882. The maximum Gasteiger partial charge on any atom is 0.306 e. The van der Waals surface area contributed by atoms with Gasteiger partial charge in [-0.25, -0.2) is 4.39 Å². The monoisotopic (exact) mass is 316 g/mol. The molecule has 2 rings (SSSR count). The van der Waals surface area contributed by atoms with Gasteiger partial charge >= 0.3 is 5.97 Å². The first-order valence-electron chi connectivity index (χ1n) is 7.71. The Bertz CT molecular complexity index is 655. The summed E-state index contributed by atoms with van der Waals surface area (Å²) in [5.74, 6) is -1.71. The first kappa shape index (κ1) is 17.0. The van der Waals surface area contributed by atoms with Crippen molar-refractivity contribution < 1.29 is 19.0 Å². The Morgan fingerprint density at radius 2 is 1.91 bits per heavy atom. The number of rotatable bonds is 7. The molecule has 0 spiro atoms. The highest BCUT2D eigenvalue weighted by Crippen LogP contribution is 2.31. The van der Waals surface area contributed by atoms with Gasteiger partial charge in [0, 0.05) is 6.07 Å². The van der Waals surface area contributed by atoms with Crippen molar-refractivity contribution in [3.05, 3.63) is 65.5 Å². The minimum absolute atomic E-state index is 0.248. The summed E-state index contributed by atoms with van der Waals surface area (Å²) in [6.07, 6.45) is 0.620. The van der Waals surface area contributed by atoms with Gasteiger partial charge in [-0.1, -0.05) is 44.2 Å². The van der Waals surface area contributed by atoms with Crippen molar-refractivity contribution in [3.8, 4) is 5.75 Å². The van der Waals surface area contributed by atoms with Crippen molar-refractivity contribution in [1.29, 1.82) is 0 Å². The highest BCUT2D eigenvalue weighted by Gasteiger charge is 2.24. The molecule has 0 fully saturated rings. The molecule has 3 nitrogen and oxygen atoms in total. The van der Waals surface area contributed by atoms with Crippen molar-refractivity contribution in [2.24, 2.45) is 5.92 Å². The van der Waals surface area contributed by atoms with E-state index in [1.807, 2.05) is 37.3 Å². The molecule has 2 aromatic rings. The molecule has 2 atom stereocenters. The second kappa shape index (κ2) is 7.77. The molecule has 0 aliphatic rings. The summed E-state index contributed by atoms with van der Waals surface area (Å²) in [4.78, 5) is 11.2. The zero-order valence-corrected chi connectivity index (χ0v) is 13.3. The lowest BCUT2D eigenvalue weighted by molar-refractivity contribution is -0.141. The Kier molecular flexibility index (Phi) is 5.74. The van der Waals surface area contributed by atoms with Crippen LogP contribution in [0.25, 0.3) is 0 Å². The Morgan fingerprint density at radius 3 is 2.52 bits per heavy atom. The number of benzene rings is 2. The SMILES string of the molecule is CC[C@H](c1cc(F)cc(OCc2ccccc2)c1)C(C)C(=O)O. The van der Waals surface area contributed by atoms with E-state index in [0.717, 1.165) is 5.56 Å². The third kappa shape index (κ3) is 4.55. The van der Waals surface area contributed by atoms with E-state index in [0.29, 0.717) is 24.3 Å². The normalized spacial score (nSPS) is 13.3. The molecule has 0 radical (unpaired) electrons. The van der Waals surface area contributed by atoms with E-state index in [1.54, 1.807) is 13.0 Å². The summed E-state index contributed by atoms with van der Waals surface area (Å²) in [5.41, 5.74) is 1.65. The number of ether oxygens (including phenoxy) is 1. The van der Waals surface area contributed by atoms with E-state index < -0.39 is 17.7 Å². The fraction of sp³-hybridized carbons (Fsp3) is 0.316. The lowest BCUT2D eigenvalue weighted by Gasteiger charge is -2.20. The van der Waals surface area contributed by atoms with Gasteiger partial charge in [0.1, 0.15) is 18.2 Å². The first-order valence-corrected chi connectivity index (χ1v) is 7.71. The van der Waals surface area contributed by atoms with Gasteiger partial charge in [-0.15, -0.1) is 0 Å². The van der Waals surface area contributed by atoms with Crippen LogP contribution in [0.4, 0.5) is 4.39 Å². The molecular formula is C19H21FO3. The highest BCUT2D eigenvalue weighted by molar-refractivity contribution is 5.71. The van der Waals surface area contributed by atoms with Crippen molar-refractivity contribution >= 4 is 5.97 Å². The molecule has 122 valence electrons. The zero-order valence-electron chi connectivity index (χ0n) is 13.3. The topological polar surface area (TPSA) is 46.5 Å². The van der Waals surface area contributed by atoms with Crippen LogP contribution in [0.15, 0.2) is 48.5 Å². The fourth-order valence-electron chi connectivity index (χ4n) is 2.67. The average molecular weight is 316 g/mol. The summed E-state index contributed by atoms with van der Waals surface area (Å²) in [6.45, 7) is 3.89. The highest BCUT2D eigenvalue weighted by atomic mass is 19.1. The molecule has 0 amide bonds. The molecule has 0 aromatic heterocycles. The Labute approximate surface area is 135 Å². The summed E-state index contributed by atoms with van der Waals surface area (Å²) in [7, 11) is 0. The third-order valence-electron chi connectivity index (χ3n) is 4.00. The number of hydrogen-bond donors (Lipinski definition) is 1. The van der Waals surface area contributed by atoms with Crippen molar-refractivity contribution in [2.75, 3.05) is 0 Å². The van der Waals surface area contributed by atoms with E-state index in [1.165, 1.54) is 12.1 Å². The van der Waals surface area contributed by atoms with Crippen LogP contribution in [0.2, 0.25) is 0 Å². The number of carbonyl (C=O) groups is 1. The molecule has 1 N–H and O–H groups in total. The first-order chi connectivity index (χ1) is 11.0. The second-order valence-electron chi connectivity index (χ2n) is 5.64. The standard InChI is InChI=1S/C19H21FO3/c1-3-18(13(2)19(21)22)15-9-16(20)11-17(10-15)23-12-14-7-5-4-6-8-14/h4-11,13,18H,3,12H2,1-2H3,(H,21,22)/t13?,18-/m0/s1. The molecule has 0 saturated carbocycles. The van der Waals surface area contributed by atoms with Gasteiger partial charge in [-0.05, 0) is 35.6 Å². The molecule has 23 heavy (non-hydrogen) atoms. The van der Waals surface area contributed by atoms with Crippen molar-refractivity contribution in [1.82, 2.24) is 0 Å². The molecular weight excluding hydrogens is 295 g/mol. The predicted octanol–water partition coefficient (Wildman–Crippen LogP) is 4.62. The van der Waals surface area contributed by atoms with Gasteiger partial charge in [-0.2, -0.15) is 0 Å². The quantitative estimate of drug-likeness (QED) is 0.811. The minimum Gasteiger partial charge on any atom is -0.489 e. The lowest BCUT2D eigenvalue weighted by Crippen LogP contribution is -2.18. The van der Waals surface area contributed by atoms with Gasteiger partial charge < -0.3 is 9.84 Å². The van der Waals surface area contributed by atoms with Crippen LogP contribution in [-0.4, -0.2) is 11.1 Å². The van der Waals surface area contributed by atoms with Crippen LogP contribution in [0, 0.1) is 11.7 Å². The largest absolute Gasteiger partial charge is 0.489 e. The smallest absolute Gasteiger partial charge is 0.306 e. The number of carboxylic acids is 1. The van der Waals surface area contributed by atoms with Gasteiger partial charge in [0.25, 0.3) is 0 Å². The second-order valence-corrected chi connectivity index (χ2v) is 5.64. The van der Waals surface area contributed by atoms with E-state index in [2.05, 4.69) is 0 Å². The number of halogens is 1. The van der Waals surface area contributed by atoms with E-state index in [9.17, 15) is 14.3 Å². The van der Waals surface area contributed by atoms with Crippen molar-refractivity contribution in [2.45, 2.75) is 32.8 Å².